The molecular formula is C21H21F3N4O2. The van der Waals surface area contributed by atoms with Gasteiger partial charge in [0.2, 0.25) is 11.8 Å². The zero-order valence-electron chi connectivity index (χ0n) is 16.5. The van der Waals surface area contributed by atoms with Crippen molar-refractivity contribution < 1.29 is 22.8 Å². The van der Waals surface area contributed by atoms with Crippen molar-refractivity contribution in [2.45, 2.75) is 19.3 Å². The Morgan fingerprint density at radius 2 is 2.07 bits per heavy atom. The largest absolute Gasteiger partial charge is 0.416 e. The van der Waals surface area contributed by atoms with Gasteiger partial charge in [-0.25, -0.2) is 4.98 Å². The summed E-state index contributed by atoms with van der Waals surface area (Å²) in [6.07, 6.45) is 0.0480. The molecule has 0 bridgehead atoms. The highest BCUT2D eigenvalue weighted by atomic mass is 19.4. The number of hydrogen-bond acceptors (Lipinski definition) is 4. The van der Waals surface area contributed by atoms with Crippen molar-refractivity contribution in [3.63, 3.8) is 0 Å². The summed E-state index contributed by atoms with van der Waals surface area (Å²) in [4.78, 5) is 31.5. The number of pyridine rings is 1. The third kappa shape index (κ3) is 5.44. The van der Waals surface area contributed by atoms with Gasteiger partial charge in [-0.3, -0.25) is 14.5 Å². The van der Waals surface area contributed by atoms with Crippen LogP contribution in [0, 0.1) is 0 Å². The van der Waals surface area contributed by atoms with Gasteiger partial charge in [0, 0.05) is 38.0 Å². The number of halogens is 3. The van der Waals surface area contributed by atoms with Gasteiger partial charge in [0.1, 0.15) is 5.82 Å². The molecule has 0 atom stereocenters. The van der Waals surface area contributed by atoms with Crippen LogP contribution in [0.1, 0.15) is 22.3 Å². The zero-order valence-corrected chi connectivity index (χ0v) is 16.5. The predicted octanol–water partition coefficient (Wildman–Crippen LogP) is 3.16. The van der Waals surface area contributed by atoms with Crippen LogP contribution in [0.25, 0.3) is 6.08 Å². The molecule has 0 spiro atoms. The first-order valence-electron chi connectivity index (χ1n) is 9.18. The van der Waals surface area contributed by atoms with Crippen LogP contribution in [0.5, 0.6) is 0 Å². The molecule has 0 aliphatic carbocycles. The van der Waals surface area contributed by atoms with Crippen molar-refractivity contribution in [3.05, 3.63) is 64.9 Å². The summed E-state index contributed by atoms with van der Waals surface area (Å²) in [5.74, 6) is 0.000652. The Labute approximate surface area is 172 Å². The van der Waals surface area contributed by atoms with Crippen LogP contribution < -0.4 is 5.32 Å². The number of carbonyl (C=O) groups excluding carboxylic acids is 2. The molecule has 0 saturated carbocycles. The van der Waals surface area contributed by atoms with Gasteiger partial charge in [-0.05, 0) is 42.4 Å². The SMILES string of the molecule is CN1CC(=O)Nc2ncc(/C=C/C(=O)N(C)Cc3cccc(C(F)(F)F)c3)cc2C1. The highest BCUT2D eigenvalue weighted by Crippen LogP contribution is 2.29. The second-order valence-electron chi connectivity index (χ2n) is 7.22. The fourth-order valence-electron chi connectivity index (χ4n) is 3.11. The van der Waals surface area contributed by atoms with E-state index in [0.717, 1.165) is 17.7 Å². The fraction of sp³-hybridized carbons (Fsp3) is 0.286. The minimum atomic E-state index is -4.43. The van der Waals surface area contributed by atoms with Gasteiger partial charge >= 0.3 is 6.18 Å². The van der Waals surface area contributed by atoms with Gasteiger partial charge in [0.05, 0.1) is 12.1 Å². The van der Waals surface area contributed by atoms with Gasteiger partial charge in [-0.15, -0.1) is 0 Å². The average molecular weight is 418 g/mol. The molecule has 2 aromatic rings. The van der Waals surface area contributed by atoms with Crippen molar-refractivity contribution in [1.82, 2.24) is 14.8 Å². The van der Waals surface area contributed by atoms with Gasteiger partial charge in [-0.2, -0.15) is 13.2 Å². The summed E-state index contributed by atoms with van der Waals surface area (Å²) in [5.41, 5.74) is 1.15. The van der Waals surface area contributed by atoms with E-state index in [9.17, 15) is 22.8 Å². The molecular weight excluding hydrogens is 397 g/mol. The molecule has 30 heavy (non-hydrogen) atoms. The van der Waals surface area contributed by atoms with Crippen molar-refractivity contribution in [3.8, 4) is 0 Å². The first kappa shape index (κ1) is 21.5. The van der Waals surface area contributed by atoms with E-state index in [-0.39, 0.29) is 24.9 Å². The number of amides is 2. The molecule has 0 radical (unpaired) electrons. The van der Waals surface area contributed by atoms with Crippen LogP contribution in [0.15, 0.2) is 42.6 Å². The van der Waals surface area contributed by atoms with Crippen molar-refractivity contribution in [2.24, 2.45) is 0 Å². The number of fused-ring (bicyclic) bond motifs is 1. The summed E-state index contributed by atoms with van der Waals surface area (Å²) < 4.78 is 38.5. The molecule has 0 unspecified atom stereocenters. The third-order valence-corrected chi connectivity index (χ3v) is 4.57. The second kappa shape index (κ2) is 8.66. The molecule has 0 saturated heterocycles. The predicted molar refractivity (Wildman–Crippen MR) is 106 cm³/mol. The molecule has 1 aromatic carbocycles. The molecule has 1 N–H and O–H groups in total. The Balaban J connectivity index is 1.68. The summed E-state index contributed by atoms with van der Waals surface area (Å²) in [6, 6.07) is 6.74. The first-order chi connectivity index (χ1) is 14.1. The molecule has 6 nitrogen and oxygen atoms in total. The maximum atomic E-state index is 12.8. The number of anilines is 1. The summed E-state index contributed by atoms with van der Waals surface area (Å²) in [6.45, 7) is 0.846. The molecule has 1 aliphatic heterocycles. The molecule has 1 aliphatic rings. The smallest absolute Gasteiger partial charge is 0.338 e. The maximum absolute atomic E-state index is 12.8. The lowest BCUT2D eigenvalue weighted by Crippen LogP contribution is -2.26. The molecule has 0 fully saturated rings. The van der Waals surface area contributed by atoms with Crippen molar-refractivity contribution in [1.29, 1.82) is 0 Å². The van der Waals surface area contributed by atoms with E-state index in [4.69, 9.17) is 0 Å². The number of carbonyl (C=O) groups is 2. The van der Waals surface area contributed by atoms with Crippen LogP contribution >= 0.6 is 0 Å². The lowest BCUT2D eigenvalue weighted by atomic mass is 10.1. The molecule has 2 heterocycles. The molecule has 2 amide bonds. The summed E-state index contributed by atoms with van der Waals surface area (Å²) in [5, 5.41) is 2.73. The van der Waals surface area contributed by atoms with Crippen LogP contribution in [0.4, 0.5) is 19.0 Å². The topological polar surface area (TPSA) is 65.5 Å². The molecule has 9 heteroatoms. The Morgan fingerprint density at radius 1 is 1.30 bits per heavy atom. The van der Waals surface area contributed by atoms with Crippen LogP contribution in [0.3, 0.4) is 0 Å². The van der Waals surface area contributed by atoms with E-state index in [1.807, 2.05) is 18.0 Å². The van der Waals surface area contributed by atoms with Gasteiger partial charge in [-0.1, -0.05) is 12.1 Å². The standard InChI is InChI=1S/C21H21F3N4O2/c1-27-12-16-8-14(10-25-20(16)26-18(29)13-27)6-7-19(30)28(2)11-15-4-3-5-17(9-15)21(22,23)24/h3-10H,11-13H2,1-2H3,(H,25,26,29)/b7-6+. The van der Waals surface area contributed by atoms with E-state index < -0.39 is 11.7 Å². The van der Waals surface area contributed by atoms with Crippen LogP contribution in [-0.2, 0) is 28.9 Å². The van der Waals surface area contributed by atoms with Crippen LogP contribution in [-0.4, -0.2) is 47.2 Å². The van der Waals surface area contributed by atoms with Crippen molar-refractivity contribution in [2.75, 3.05) is 26.0 Å². The Kier molecular flexibility index (Phi) is 6.21. The summed E-state index contributed by atoms with van der Waals surface area (Å²) >= 11 is 0. The number of hydrogen-bond donors (Lipinski definition) is 1. The second-order valence-corrected chi connectivity index (χ2v) is 7.22. The van der Waals surface area contributed by atoms with E-state index in [1.165, 1.54) is 24.1 Å². The van der Waals surface area contributed by atoms with E-state index >= 15 is 0 Å². The molecule has 1 aromatic heterocycles. The lowest BCUT2D eigenvalue weighted by molar-refractivity contribution is -0.137. The van der Waals surface area contributed by atoms with Gasteiger partial charge in [0.15, 0.2) is 0 Å². The molecule has 3 rings (SSSR count). The highest BCUT2D eigenvalue weighted by molar-refractivity contribution is 5.93. The number of likely N-dealkylation sites (N-methyl/N-ethyl adjacent to an activating group) is 2. The van der Waals surface area contributed by atoms with Gasteiger partial charge < -0.3 is 10.2 Å². The number of aromatic nitrogens is 1. The highest BCUT2D eigenvalue weighted by Gasteiger charge is 2.30. The average Bonchev–Trinajstić information content (AvgIpc) is 2.81. The summed E-state index contributed by atoms with van der Waals surface area (Å²) in [7, 11) is 3.34. The monoisotopic (exact) mass is 418 g/mol. The Hall–Kier alpha value is -3.20. The first-order valence-corrected chi connectivity index (χ1v) is 9.18. The minimum absolute atomic E-state index is 0.0480. The number of nitrogens with zero attached hydrogens (tertiary/aromatic N) is 3. The third-order valence-electron chi connectivity index (χ3n) is 4.57. The van der Waals surface area contributed by atoms with Crippen LogP contribution in [0.2, 0.25) is 0 Å². The van der Waals surface area contributed by atoms with E-state index in [0.29, 0.717) is 23.5 Å². The number of benzene rings is 1. The van der Waals surface area contributed by atoms with E-state index in [1.54, 1.807) is 18.3 Å². The molecule has 158 valence electrons. The Bertz CT molecular complexity index is 988. The number of alkyl halides is 3. The maximum Gasteiger partial charge on any atom is 0.416 e. The lowest BCUT2D eigenvalue weighted by Gasteiger charge is -2.16. The number of nitrogens with one attached hydrogen (secondary N) is 1. The quantitative estimate of drug-likeness (QED) is 0.775. The van der Waals surface area contributed by atoms with Crippen molar-refractivity contribution >= 4 is 23.7 Å². The van der Waals surface area contributed by atoms with E-state index in [2.05, 4.69) is 10.3 Å². The normalized spacial score (nSPS) is 14.9. The fourth-order valence-corrected chi connectivity index (χ4v) is 3.11. The number of rotatable bonds is 4. The zero-order chi connectivity index (χ0) is 21.9. The van der Waals surface area contributed by atoms with Gasteiger partial charge in [0.25, 0.3) is 0 Å². The minimum Gasteiger partial charge on any atom is -0.338 e. The Morgan fingerprint density at radius 3 is 2.80 bits per heavy atom.